The van der Waals surface area contributed by atoms with Gasteiger partial charge in [0.1, 0.15) is 22.9 Å². The number of aliphatic imine (C=N–C) groups is 1. The lowest BCUT2D eigenvalue weighted by molar-refractivity contribution is -0.144. The molecule has 9 heteroatoms. The number of rotatable bonds is 2. The highest BCUT2D eigenvalue weighted by atomic mass is 16.3. The first-order valence-corrected chi connectivity index (χ1v) is 10.0. The molecule has 3 atom stereocenters. The van der Waals surface area contributed by atoms with E-state index >= 15 is 0 Å². The van der Waals surface area contributed by atoms with Gasteiger partial charge < -0.3 is 26.2 Å². The summed E-state index contributed by atoms with van der Waals surface area (Å²) in [5.74, 6) is -6.49. The van der Waals surface area contributed by atoms with Crippen molar-refractivity contribution in [3.63, 3.8) is 0 Å². The quantitative estimate of drug-likeness (QED) is 0.408. The van der Waals surface area contributed by atoms with E-state index in [0.29, 0.717) is 16.9 Å². The van der Waals surface area contributed by atoms with Gasteiger partial charge in [-0.1, -0.05) is 12.7 Å². The maximum atomic E-state index is 13.4. The summed E-state index contributed by atoms with van der Waals surface area (Å²) in [6.07, 6.45) is 4.60. The van der Waals surface area contributed by atoms with Crippen LogP contribution >= 0.6 is 0 Å². The first-order valence-electron chi connectivity index (χ1n) is 10.0. The van der Waals surface area contributed by atoms with Crippen LogP contribution in [0.2, 0.25) is 0 Å². The van der Waals surface area contributed by atoms with Crippen LogP contribution in [-0.4, -0.2) is 49.2 Å². The number of nitrogens with two attached hydrogens (primary N) is 1. The number of carbonyl (C=O) groups excluding carboxylic acids is 3. The van der Waals surface area contributed by atoms with Gasteiger partial charge in [0.25, 0.3) is 5.91 Å². The van der Waals surface area contributed by atoms with Gasteiger partial charge in [0.2, 0.25) is 5.78 Å². The molecule has 0 aliphatic heterocycles. The Kier molecular flexibility index (Phi) is 4.82. The third-order valence-corrected chi connectivity index (χ3v) is 6.59. The number of fused-ring (bicyclic) bond motifs is 3. The molecule has 9 nitrogen and oxygen atoms in total. The second-order valence-electron chi connectivity index (χ2n) is 8.20. The summed E-state index contributed by atoms with van der Waals surface area (Å²) in [5, 5.41) is 43.1. The molecule has 0 bridgehead atoms. The van der Waals surface area contributed by atoms with Gasteiger partial charge in [0.15, 0.2) is 11.4 Å². The van der Waals surface area contributed by atoms with Crippen LogP contribution in [0.5, 0.6) is 0 Å². The second-order valence-corrected chi connectivity index (χ2v) is 8.20. The SMILES string of the molecule is C=C/N=C1/C=C2CC3C[C@H]4CC(O)=C(C(N)=O)C(=O)[C@@]4(O)C(O)=C3C(=O)C2=C(O)/C1=C/C. The van der Waals surface area contributed by atoms with Crippen LogP contribution in [0.25, 0.3) is 0 Å². The predicted molar refractivity (Wildman–Crippen MR) is 113 cm³/mol. The van der Waals surface area contributed by atoms with Crippen LogP contribution in [0, 0.1) is 11.8 Å². The van der Waals surface area contributed by atoms with Crippen molar-refractivity contribution in [1.82, 2.24) is 0 Å². The van der Waals surface area contributed by atoms with Gasteiger partial charge >= 0.3 is 0 Å². The number of primary amides is 1. The van der Waals surface area contributed by atoms with Crippen LogP contribution in [-0.2, 0) is 14.4 Å². The number of hydrogen-bond acceptors (Lipinski definition) is 8. The zero-order chi connectivity index (χ0) is 23.5. The maximum absolute atomic E-state index is 13.4. The van der Waals surface area contributed by atoms with Crippen LogP contribution in [0.15, 0.2) is 75.1 Å². The zero-order valence-electron chi connectivity index (χ0n) is 17.3. The van der Waals surface area contributed by atoms with E-state index in [1.54, 1.807) is 19.1 Å². The Morgan fingerprint density at radius 3 is 2.56 bits per heavy atom. The molecule has 0 heterocycles. The van der Waals surface area contributed by atoms with E-state index in [9.17, 15) is 34.8 Å². The summed E-state index contributed by atoms with van der Waals surface area (Å²) in [7, 11) is 0. The van der Waals surface area contributed by atoms with E-state index in [1.165, 1.54) is 6.20 Å². The third kappa shape index (κ3) is 2.67. The maximum Gasteiger partial charge on any atom is 0.255 e. The van der Waals surface area contributed by atoms with E-state index in [1.807, 2.05) is 0 Å². The molecule has 4 aliphatic rings. The Balaban J connectivity index is 1.90. The topological polar surface area (TPSA) is 171 Å². The molecule has 32 heavy (non-hydrogen) atoms. The van der Waals surface area contributed by atoms with Gasteiger partial charge in [-0.05, 0) is 37.3 Å². The minimum atomic E-state index is -2.57. The number of ketones is 2. The average molecular weight is 438 g/mol. The predicted octanol–water partition coefficient (Wildman–Crippen LogP) is 1.69. The third-order valence-electron chi connectivity index (χ3n) is 6.59. The summed E-state index contributed by atoms with van der Waals surface area (Å²) in [5.41, 5.74) is 2.82. The number of nitrogens with zero attached hydrogens (tertiary/aromatic N) is 1. The molecule has 1 saturated carbocycles. The molecule has 1 fully saturated rings. The second kappa shape index (κ2) is 7.16. The van der Waals surface area contributed by atoms with E-state index in [-0.39, 0.29) is 36.2 Å². The molecule has 0 radical (unpaired) electrons. The number of amides is 1. The van der Waals surface area contributed by atoms with Crippen molar-refractivity contribution in [1.29, 1.82) is 0 Å². The number of aliphatic hydroxyl groups excluding tert-OH is 3. The molecule has 1 amide bonds. The number of aliphatic hydroxyl groups is 4. The molecule has 1 unspecified atom stereocenters. The fraction of sp³-hybridized carbons (Fsp3) is 0.304. The summed E-state index contributed by atoms with van der Waals surface area (Å²) >= 11 is 0. The largest absolute Gasteiger partial charge is 0.511 e. The Morgan fingerprint density at radius 2 is 1.97 bits per heavy atom. The van der Waals surface area contributed by atoms with Gasteiger partial charge in [-0.25, -0.2) is 0 Å². The van der Waals surface area contributed by atoms with Crippen LogP contribution < -0.4 is 5.73 Å². The average Bonchev–Trinajstić information content (AvgIpc) is 2.70. The number of hydrogen-bond donors (Lipinski definition) is 5. The van der Waals surface area contributed by atoms with Gasteiger partial charge in [-0.3, -0.25) is 19.4 Å². The lowest BCUT2D eigenvalue weighted by atomic mass is 9.59. The molecule has 4 aliphatic carbocycles. The van der Waals surface area contributed by atoms with Crippen molar-refractivity contribution in [3.8, 4) is 0 Å². The van der Waals surface area contributed by atoms with Crippen LogP contribution in [0.4, 0.5) is 0 Å². The number of carbonyl (C=O) groups is 3. The fourth-order valence-electron chi connectivity index (χ4n) is 5.16. The first kappa shape index (κ1) is 21.5. The molecule has 0 spiro atoms. The normalized spacial score (nSPS) is 32.6. The van der Waals surface area contributed by atoms with Gasteiger partial charge in [0.05, 0.1) is 11.3 Å². The van der Waals surface area contributed by atoms with Gasteiger partial charge in [-0.15, -0.1) is 0 Å². The lowest BCUT2D eigenvalue weighted by Gasteiger charge is -2.46. The summed E-state index contributed by atoms with van der Waals surface area (Å²) in [4.78, 5) is 42.1. The van der Waals surface area contributed by atoms with Gasteiger partial charge in [0, 0.05) is 29.7 Å². The number of allylic oxidation sites excluding steroid dienone is 7. The van der Waals surface area contributed by atoms with Gasteiger partial charge in [-0.2, -0.15) is 0 Å². The zero-order valence-corrected chi connectivity index (χ0v) is 17.3. The smallest absolute Gasteiger partial charge is 0.255 e. The Morgan fingerprint density at radius 1 is 1.28 bits per heavy atom. The number of Topliss-reactive ketones (excluding diaryl/α,β-unsaturated/α-hetero) is 2. The van der Waals surface area contributed by atoms with Crippen molar-refractivity contribution in [2.24, 2.45) is 22.6 Å². The molecular weight excluding hydrogens is 416 g/mol. The molecular formula is C23H22N2O7. The standard InChI is InChI=1S/C23H22N2O7/c1-3-12-13(25-4-2)7-10-5-9-6-11-8-14(26)17(22(24)31)21(30)23(11,32)20(29)16(9)19(28)15(10)18(12)27/h3-4,7,9,11,26-27,29,32H,2,5-6,8H2,1H3,(H2,24,31)/b12-3+,25-13-/t9?,11-,23-/m0/s1. The molecule has 0 saturated heterocycles. The highest BCUT2D eigenvalue weighted by molar-refractivity contribution is 6.25. The first-order chi connectivity index (χ1) is 15.1. The minimum absolute atomic E-state index is 0.0438. The van der Waals surface area contributed by atoms with Crippen LogP contribution in [0.1, 0.15) is 26.2 Å². The highest BCUT2D eigenvalue weighted by Crippen LogP contribution is 2.52. The van der Waals surface area contributed by atoms with E-state index in [2.05, 4.69) is 11.6 Å². The van der Waals surface area contributed by atoms with E-state index in [4.69, 9.17) is 5.73 Å². The van der Waals surface area contributed by atoms with Crippen LogP contribution in [0.3, 0.4) is 0 Å². The fourth-order valence-corrected chi connectivity index (χ4v) is 5.16. The van der Waals surface area contributed by atoms with Crippen molar-refractivity contribution < 1.29 is 34.8 Å². The summed E-state index contributed by atoms with van der Waals surface area (Å²) < 4.78 is 0. The van der Waals surface area contributed by atoms with Crippen molar-refractivity contribution >= 4 is 23.2 Å². The Bertz CT molecular complexity index is 1190. The highest BCUT2D eigenvalue weighted by Gasteiger charge is 2.60. The molecule has 166 valence electrons. The Hall–Kier alpha value is -3.72. The molecule has 4 rings (SSSR count). The summed E-state index contributed by atoms with van der Waals surface area (Å²) in [6, 6.07) is 0. The Labute approximate surface area is 183 Å². The minimum Gasteiger partial charge on any atom is -0.511 e. The van der Waals surface area contributed by atoms with E-state index < -0.39 is 52.0 Å². The van der Waals surface area contributed by atoms with E-state index in [0.717, 1.165) is 0 Å². The summed E-state index contributed by atoms with van der Waals surface area (Å²) in [6.45, 7) is 5.22. The lowest BCUT2D eigenvalue weighted by Crippen LogP contribution is -2.57. The van der Waals surface area contributed by atoms with Crippen molar-refractivity contribution in [3.05, 3.63) is 70.1 Å². The monoisotopic (exact) mass is 438 g/mol. The molecule has 0 aromatic carbocycles. The van der Waals surface area contributed by atoms with Crippen molar-refractivity contribution in [2.45, 2.75) is 31.8 Å². The molecule has 6 N–H and O–H groups in total. The molecule has 0 aromatic rings. The van der Waals surface area contributed by atoms with Crippen molar-refractivity contribution in [2.75, 3.05) is 0 Å². The molecule has 0 aromatic heterocycles.